The normalized spacial score (nSPS) is 19.2. The summed E-state index contributed by atoms with van der Waals surface area (Å²) in [5, 5.41) is 15.4. The predicted molar refractivity (Wildman–Crippen MR) is 95.2 cm³/mol. The number of hydrogen-bond acceptors (Lipinski definition) is 3. The number of phenols is 1. The van der Waals surface area contributed by atoms with Gasteiger partial charge in [-0.05, 0) is 55.9 Å². The highest BCUT2D eigenvalue weighted by Gasteiger charge is 2.43. The van der Waals surface area contributed by atoms with E-state index in [1.807, 2.05) is 6.92 Å². The second-order valence-corrected chi connectivity index (χ2v) is 6.79. The van der Waals surface area contributed by atoms with E-state index >= 15 is 0 Å². The molecule has 6 nitrogen and oxygen atoms in total. The van der Waals surface area contributed by atoms with E-state index in [4.69, 9.17) is 0 Å². The molecule has 2 aliphatic rings. The molecule has 3 rings (SSSR count). The first-order valence-electron chi connectivity index (χ1n) is 8.72. The Hall–Kier alpha value is -2.24. The first-order chi connectivity index (χ1) is 11.6. The summed E-state index contributed by atoms with van der Waals surface area (Å²) in [6.45, 7) is 5.00. The molecule has 24 heavy (non-hydrogen) atoms. The highest BCUT2D eigenvalue weighted by atomic mass is 16.3. The van der Waals surface area contributed by atoms with E-state index in [1.54, 1.807) is 24.3 Å². The van der Waals surface area contributed by atoms with Crippen molar-refractivity contribution >= 4 is 17.6 Å². The van der Waals surface area contributed by atoms with Gasteiger partial charge in [-0.1, -0.05) is 6.42 Å². The van der Waals surface area contributed by atoms with E-state index in [9.17, 15) is 9.90 Å². The van der Waals surface area contributed by atoms with Crippen molar-refractivity contribution in [3.63, 3.8) is 0 Å². The van der Waals surface area contributed by atoms with Crippen LogP contribution in [0.1, 0.15) is 32.6 Å². The van der Waals surface area contributed by atoms with Crippen LogP contribution < -0.4 is 10.6 Å². The van der Waals surface area contributed by atoms with Crippen molar-refractivity contribution in [1.82, 2.24) is 10.2 Å². The molecule has 1 saturated heterocycles. The average molecular weight is 330 g/mol. The summed E-state index contributed by atoms with van der Waals surface area (Å²) in [5.74, 6) is 0.857. The zero-order valence-electron chi connectivity index (χ0n) is 14.2. The third kappa shape index (κ3) is 3.80. The van der Waals surface area contributed by atoms with Crippen LogP contribution in [0.25, 0.3) is 0 Å². The molecule has 0 unspecified atom stereocenters. The van der Waals surface area contributed by atoms with Crippen LogP contribution in [0.2, 0.25) is 0 Å². The van der Waals surface area contributed by atoms with Gasteiger partial charge in [0.15, 0.2) is 5.96 Å². The number of nitrogens with zero attached hydrogens (tertiary/aromatic N) is 2. The van der Waals surface area contributed by atoms with Crippen LogP contribution in [0.4, 0.5) is 5.69 Å². The topological polar surface area (TPSA) is 77.0 Å². The Morgan fingerprint density at radius 3 is 2.62 bits per heavy atom. The Morgan fingerprint density at radius 1 is 1.29 bits per heavy atom. The summed E-state index contributed by atoms with van der Waals surface area (Å²) < 4.78 is 0. The van der Waals surface area contributed by atoms with Gasteiger partial charge in [0.25, 0.3) is 0 Å². The van der Waals surface area contributed by atoms with E-state index in [-0.39, 0.29) is 18.2 Å². The van der Waals surface area contributed by atoms with Gasteiger partial charge in [0.05, 0.1) is 0 Å². The number of phenolic OH excluding ortho intramolecular Hbond substituents is 1. The van der Waals surface area contributed by atoms with E-state index < -0.39 is 0 Å². The Morgan fingerprint density at radius 2 is 2.04 bits per heavy atom. The Kier molecular flexibility index (Phi) is 4.92. The van der Waals surface area contributed by atoms with Gasteiger partial charge in [-0.15, -0.1) is 0 Å². The van der Waals surface area contributed by atoms with Gasteiger partial charge in [0.2, 0.25) is 5.91 Å². The molecule has 1 aliphatic heterocycles. The fraction of sp³-hybridized carbons (Fsp3) is 0.556. The molecule has 1 aliphatic carbocycles. The minimum atomic E-state index is -0.159. The van der Waals surface area contributed by atoms with Gasteiger partial charge in [-0.25, -0.2) is 4.99 Å². The summed E-state index contributed by atoms with van der Waals surface area (Å²) in [4.78, 5) is 18.9. The molecular formula is C18H26N4O2. The molecule has 0 aromatic heterocycles. The fourth-order valence-electron chi connectivity index (χ4n) is 3.52. The van der Waals surface area contributed by atoms with Crippen molar-refractivity contribution < 1.29 is 9.90 Å². The maximum absolute atomic E-state index is 12.1. The zero-order chi connectivity index (χ0) is 17.0. The standard InChI is InChI=1S/C18H26N4O2/c1-2-19-17(22-11-10-18(13-22)8-3-9-18)20-12-16(24)21-14-4-6-15(23)7-5-14/h4-7,23H,2-3,8-13H2,1H3,(H,19,20)(H,21,24). The highest BCUT2D eigenvalue weighted by molar-refractivity contribution is 5.94. The van der Waals surface area contributed by atoms with Gasteiger partial charge < -0.3 is 20.6 Å². The number of aliphatic imine (C=N–C) groups is 1. The molecule has 0 atom stereocenters. The van der Waals surface area contributed by atoms with Gasteiger partial charge in [0, 0.05) is 25.3 Å². The molecule has 1 saturated carbocycles. The predicted octanol–water partition coefficient (Wildman–Crippen LogP) is 2.17. The van der Waals surface area contributed by atoms with Gasteiger partial charge in [-0.3, -0.25) is 4.79 Å². The molecule has 1 aromatic carbocycles. The molecule has 6 heteroatoms. The lowest BCUT2D eigenvalue weighted by Gasteiger charge is -2.38. The molecule has 130 valence electrons. The van der Waals surface area contributed by atoms with Crippen LogP contribution in [0, 0.1) is 5.41 Å². The first kappa shape index (κ1) is 16.6. The number of guanidine groups is 1. The molecule has 0 radical (unpaired) electrons. The first-order valence-corrected chi connectivity index (χ1v) is 8.72. The summed E-state index contributed by atoms with van der Waals surface area (Å²) in [6, 6.07) is 6.43. The molecular weight excluding hydrogens is 304 g/mol. The number of nitrogens with one attached hydrogen (secondary N) is 2. The van der Waals surface area contributed by atoms with E-state index in [0.717, 1.165) is 25.6 Å². The lowest BCUT2D eigenvalue weighted by molar-refractivity contribution is -0.114. The van der Waals surface area contributed by atoms with Crippen LogP contribution in [-0.2, 0) is 4.79 Å². The number of rotatable bonds is 4. The Labute approximate surface area is 143 Å². The lowest BCUT2D eigenvalue weighted by atomic mass is 9.68. The quantitative estimate of drug-likeness (QED) is 0.449. The van der Waals surface area contributed by atoms with E-state index in [0.29, 0.717) is 11.1 Å². The van der Waals surface area contributed by atoms with Crippen LogP contribution in [0.5, 0.6) is 5.75 Å². The van der Waals surface area contributed by atoms with Crippen LogP contribution in [0.15, 0.2) is 29.3 Å². The van der Waals surface area contributed by atoms with Crippen molar-refractivity contribution in [2.75, 3.05) is 31.5 Å². The number of benzene rings is 1. The van der Waals surface area contributed by atoms with Gasteiger partial charge in [0.1, 0.15) is 12.3 Å². The molecule has 1 aromatic rings. The summed E-state index contributed by atoms with van der Waals surface area (Å²) >= 11 is 0. The smallest absolute Gasteiger partial charge is 0.246 e. The second-order valence-electron chi connectivity index (χ2n) is 6.79. The average Bonchev–Trinajstić information content (AvgIpc) is 2.99. The van der Waals surface area contributed by atoms with Crippen LogP contribution in [-0.4, -0.2) is 48.1 Å². The van der Waals surface area contributed by atoms with Crippen molar-refractivity contribution in [3.05, 3.63) is 24.3 Å². The maximum Gasteiger partial charge on any atom is 0.246 e. The number of hydrogen-bond donors (Lipinski definition) is 3. The molecule has 0 bridgehead atoms. The minimum Gasteiger partial charge on any atom is -0.508 e. The number of likely N-dealkylation sites (tertiary alicyclic amines) is 1. The lowest BCUT2D eigenvalue weighted by Crippen LogP contribution is -2.43. The highest BCUT2D eigenvalue weighted by Crippen LogP contribution is 2.47. The maximum atomic E-state index is 12.1. The monoisotopic (exact) mass is 330 g/mol. The van der Waals surface area contributed by atoms with Gasteiger partial charge in [-0.2, -0.15) is 0 Å². The van der Waals surface area contributed by atoms with Crippen molar-refractivity contribution in [3.8, 4) is 5.75 Å². The van der Waals surface area contributed by atoms with Crippen LogP contribution in [0.3, 0.4) is 0 Å². The molecule has 2 fully saturated rings. The number of anilines is 1. The Balaban J connectivity index is 1.57. The number of aromatic hydroxyl groups is 1. The third-order valence-corrected chi connectivity index (χ3v) is 5.01. The van der Waals surface area contributed by atoms with Crippen molar-refractivity contribution in [2.45, 2.75) is 32.6 Å². The van der Waals surface area contributed by atoms with E-state index in [1.165, 1.54) is 25.7 Å². The molecule has 1 spiro atoms. The van der Waals surface area contributed by atoms with Crippen molar-refractivity contribution in [2.24, 2.45) is 10.4 Å². The molecule has 1 amide bonds. The number of carbonyl (C=O) groups excluding carboxylic acids is 1. The van der Waals surface area contributed by atoms with E-state index in [2.05, 4.69) is 20.5 Å². The zero-order valence-corrected chi connectivity index (χ0v) is 14.2. The molecule has 3 N–H and O–H groups in total. The largest absolute Gasteiger partial charge is 0.508 e. The second kappa shape index (κ2) is 7.11. The third-order valence-electron chi connectivity index (χ3n) is 5.01. The van der Waals surface area contributed by atoms with Crippen molar-refractivity contribution in [1.29, 1.82) is 0 Å². The SMILES string of the molecule is CCNC(=NCC(=O)Nc1ccc(O)cc1)N1CCC2(CCC2)C1. The van der Waals surface area contributed by atoms with Crippen LogP contribution >= 0.6 is 0 Å². The number of carbonyl (C=O) groups is 1. The summed E-state index contributed by atoms with van der Waals surface area (Å²) in [6.07, 6.45) is 5.22. The minimum absolute atomic E-state index is 0.0900. The summed E-state index contributed by atoms with van der Waals surface area (Å²) in [7, 11) is 0. The molecule has 1 heterocycles. The Bertz CT molecular complexity index is 608. The fourth-order valence-corrected chi connectivity index (χ4v) is 3.52. The number of amides is 1. The van der Waals surface area contributed by atoms with Gasteiger partial charge >= 0.3 is 0 Å². The summed E-state index contributed by atoms with van der Waals surface area (Å²) in [5.41, 5.74) is 1.16.